The van der Waals surface area contributed by atoms with Crippen molar-refractivity contribution in [3.05, 3.63) is 154 Å². The predicted octanol–water partition coefficient (Wildman–Crippen LogP) is 16.2. The molecule has 4 aliphatic rings. The molecule has 8 rings (SSSR count). The summed E-state index contributed by atoms with van der Waals surface area (Å²) >= 11 is 0. The second-order valence-electron chi connectivity index (χ2n) is 25.7. The van der Waals surface area contributed by atoms with Gasteiger partial charge in [0, 0.05) is 72.1 Å². The highest BCUT2D eigenvalue weighted by atomic mass is 16.2. The Morgan fingerprint density at radius 3 is 0.975 bits per heavy atom. The fraction of sp³-hybridized carbons (Fsp3) is 0.589. The predicted molar refractivity (Wildman–Crippen MR) is 340 cm³/mol. The van der Waals surface area contributed by atoms with Gasteiger partial charge in [-0.05, 0) is 188 Å². The number of likely N-dealkylation sites (tertiary alicyclic amines) is 4. The molecule has 4 saturated heterocycles. The summed E-state index contributed by atoms with van der Waals surface area (Å²) in [5.41, 5.74) is 11.6. The molecule has 0 bridgehead atoms. The van der Waals surface area contributed by atoms with E-state index in [1.54, 1.807) is 13.0 Å². The third kappa shape index (κ3) is 23.0. The first-order valence-corrected chi connectivity index (χ1v) is 31.9. The van der Waals surface area contributed by atoms with Crippen molar-refractivity contribution < 1.29 is 19.2 Å². The van der Waals surface area contributed by atoms with Crippen LogP contribution in [0.4, 0.5) is 0 Å². The summed E-state index contributed by atoms with van der Waals surface area (Å²) in [5.74, 6) is 6.30. The first kappa shape index (κ1) is 66.3. The van der Waals surface area contributed by atoms with Crippen molar-refractivity contribution in [2.75, 3.05) is 52.4 Å². The Morgan fingerprint density at radius 2 is 0.716 bits per heavy atom. The topological polar surface area (TPSA) is 81.2 Å². The molecule has 0 spiro atoms. The van der Waals surface area contributed by atoms with E-state index in [1.165, 1.54) is 44.5 Å². The molecule has 444 valence electrons. The second-order valence-corrected chi connectivity index (χ2v) is 25.7. The van der Waals surface area contributed by atoms with Crippen molar-refractivity contribution in [3.63, 3.8) is 0 Å². The van der Waals surface area contributed by atoms with Crippen molar-refractivity contribution in [1.82, 2.24) is 19.6 Å². The van der Waals surface area contributed by atoms with E-state index in [-0.39, 0.29) is 11.8 Å². The molecule has 8 heteroatoms. The van der Waals surface area contributed by atoms with Gasteiger partial charge in [-0.3, -0.25) is 19.2 Å². The molecule has 4 fully saturated rings. The molecular formula is C73H108N4O4. The van der Waals surface area contributed by atoms with Gasteiger partial charge in [-0.1, -0.05) is 172 Å². The number of benzene rings is 4. The molecule has 0 aliphatic carbocycles. The maximum Gasteiger partial charge on any atom is 0.246 e. The zero-order valence-electron chi connectivity index (χ0n) is 52.7. The van der Waals surface area contributed by atoms with Crippen LogP contribution in [-0.4, -0.2) is 95.6 Å². The minimum Gasteiger partial charge on any atom is -0.343 e. The monoisotopic (exact) mass is 1100 g/mol. The first-order chi connectivity index (χ1) is 38.8. The van der Waals surface area contributed by atoms with E-state index in [0.717, 1.165) is 136 Å². The molecule has 0 aromatic heterocycles. The Balaban J connectivity index is 0.000000198. The molecule has 81 heavy (non-hydrogen) atoms. The molecule has 0 radical (unpaired) electrons. The van der Waals surface area contributed by atoms with Gasteiger partial charge < -0.3 is 19.6 Å². The van der Waals surface area contributed by atoms with Gasteiger partial charge >= 0.3 is 0 Å². The van der Waals surface area contributed by atoms with E-state index in [4.69, 9.17) is 0 Å². The van der Waals surface area contributed by atoms with Gasteiger partial charge in [0.05, 0.1) is 0 Å². The van der Waals surface area contributed by atoms with Gasteiger partial charge in [-0.25, -0.2) is 0 Å². The third-order valence-electron chi connectivity index (χ3n) is 16.8. The normalized spacial score (nSPS) is 16.7. The zero-order chi connectivity index (χ0) is 58.8. The standard InChI is InChI=1S/C19H29NO.C19H27NO.C18H27NO.C17H25NO/c2*1-4-6-19(21)20-11-9-17(10-12-20)18-8-5-7-16(14-18)13-15(2)3;1-4-18(20)19-10-8-16(9-11-19)17-7-5-6-15(13-17)12-14(2)3;1-13(2)11-15-5-4-6-17(12-15)16-7-9-18(10-8-16)14(3)19/h5,7-8,14-15,17H,4,6,9-13H2,1-3H3;4-8,14-15,17H,9-13H2,1-3H3;5-7,13-14,16H,4,8-12H2,1-3H3;4-6,12-13,16H,7-11H2,1-3H3/b;6-4+;;. The Labute approximate surface area is 492 Å². The van der Waals surface area contributed by atoms with E-state index in [0.29, 0.717) is 72.0 Å². The van der Waals surface area contributed by atoms with Crippen molar-refractivity contribution in [2.24, 2.45) is 23.7 Å². The van der Waals surface area contributed by atoms with Crippen LogP contribution in [0.5, 0.6) is 0 Å². The summed E-state index contributed by atoms with van der Waals surface area (Å²) in [7, 11) is 0. The molecule has 4 aromatic rings. The largest absolute Gasteiger partial charge is 0.343 e. The lowest BCUT2D eigenvalue weighted by Crippen LogP contribution is -2.37. The van der Waals surface area contributed by atoms with Crippen LogP contribution in [0.25, 0.3) is 0 Å². The average Bonchev–Trinajstić information content (AvgIpc) is 3.46. The number of allylic oxidation sites excluding steroid dienone is 1. The van der Waals surface area contributed by atoms with Gasteiger partial charge in [-0.2, -0.15) is 0 Å². The van der Waals surface area contributed by atoms with Crippen LogP contribution in [0.1, 0.15) is 222 Å². The SMILES string of the molecule is C/C=C/C(=O)N1CCC(c2cccc(CC(C)C)c2)CC1.CC(=O)N1CCC(c2cccc(CC(C)C)c2)CC1.CCC(=O)N1CCC(c2cccc(CC(C)C)c2)CC1.CCCC(=O)N1CCC(c2cccc(CC(C)C)c2)CC1. The first-order valence-electron chi connectivity index (χ1n) is 31.9. The van der Waals surface area contributed by atoms with Crippen LogP contribution in [0.3, 0.4) is 0 Å². The summed E-state index contributed by atoms with van der Waals surface area (Å²) in [5, 5.41) is 0. The van der Waals surface area contributed by atoms with Crippen molar-refractivity contribution >= 4 is 23.6 Å². The van der Waals surface area contributed by atoms with E-state index in [1.807, 2.05) is 34.6 Å². The molecule has 4 aromatic carbocycles. The molecule has 0 atom stereocenters. The number of nitrogens with zero attached hydrogens (tertiary/aromatic N) is 4. The minimum absolute atomic E-state index is 0.157. The van der Waals surface area contributed by atoms with Gasteiger partial charge in [0.2, 0.25) is 23.6 Å². The molecule has 4 amide bonds. The molecule has 0 unspecified atom stereocenters. The van der Waals surface area contributed by atoms with E-state index >= 15 is 0 Å². The third-order valence-corrected chi connectivity index (χ3v) is 16.8. The lowest BCUT2D eigenvalue weighted by atomic mass is 9.87. The minimum atomic E-state index is 0.157. The Bertz CT molecular complexity index is 2530. The number of hydrogen-bond donors (Lipinski definition) is 0. The average molecular weight is 1110 g/mol. The number of amides is 4. The number of carbonyl (C=O) groups excluding carboxylic acids is 4. The maximum absolute atomic E-state index is 11.9. The van der Waals surface area contributed by atoms with E-state index in [9.17, 15) is 19.2 Å². The van der Waals surface area contributed by atoms with E-state index in [2.05, 4.69) is 164 Å². The molecule has 8 nitrogen and oxygen atoms in total. The van der Waals surface area contributed by atoms with Crippen LogP contribution in [-0.2, 0) is 44.9 Å². The van der Waals surface area contributed by atoms with Gasteiger partial charge in [0.1, 0.15) is 0 Å². The quantitative estimate of drug-likeness (QED) is 0.105. The molecular weight excluding hydrogens is 997 g/mol. The van der Waals surface area contributed by atoms with Gasteiger partial charge in [-0.15, -0.1) is 0 Å². The Kier molecular flexibility index (Phi) is 28.5. The highest BCUT2D eigenvalue weighted by Crippen LogP contribution is 2.33. The Hall–Kier alpha value is -5.50. The van der Waals surface area contributed by atoms with Crippen molar-refractivity contribution in [1.29, 1.82) is 0 Å². The molecule has 4 heterocycles. The van der Waals surface area contributed by atoms with Gasteiger partial charge in [0.25, 0.3) is 0 Å². The van der Waals surface area contributed by atoms with Gasteiger partial charge in [0.15, 0.2) is 0 Å². The fourth-order valence-electron chi connectivity index (χ4n) is 12.5. The van der Waals surface area contributed by atoms with Crippen LogP contribution < -0.4 is 0 Å². The smallest absolute Gasteiger partial charge is 0.246 e. The maximum atomic E-state index is 11.9. The highest BCUT2D eigenvalue weighted by Gasteiger charge is 2.27. The Morgan fingerprint density at radius 1 is 0.432 bits per heavy atom. The van der Waals surface area contributed by atoms with Crippen molar-refractivity contribution in [3.8, 4) is 0 Å². The van der Waals surface area contributed by atoms with Crippen LogP contribution in [0.2, 0.25) is 0 Å². The van der Waals surface area contributed by atoms with Crippen LogP contribution >= 0.6 is 0 Å². The zero-order valence-corrected chi connectivity index (χ0v) is 52.7. The van der Waals surface area contributed by atoms with Crippen LogP contribution in [0.15, 0.2) is 109 Å². The fourth-order valence-corrected chi connectivity index (χ4v) is 12.5. The number of rotatable bonds is 16. The van der Waals surface area contributed by atoms with E-state index < -0.39 is 0 Å². The molecule has 0 saturated carbocycles. The molecule has 0 N–H and O–H groups in total. The summed E-state index contributed by atoms with van der Waals surface area (Å²) < 4.78 is 0. The van der Waals surface area contributed by atoms with Crippen molar-refractivity contribution in [2.45, 2.75) is 203 Å². The summed E-state index contributed by atoms with van der Waals surface area (Å²) in [6.45, 7) is 33.0. The number of piperidine rings is 4. The lowest BCUT2D eigenvalue weighted by molar-refractivity contribution is -0.132. The lowest BCUT2D eigenvalue weighted by Gasteiger charge is -2.32. The number of carbonyl (C=O) groups is 4. The highest BCUT2D eigenvalue weighted by molar-refractivity contribution is 5.87. The summed E-state index contributed by atoms with van der Waals surface area (Å²) in [6, 6.07) is 36.2. The molecule has 4 aliphatic heterocycles. The number of hydrogen-bond acceptors (Lipinski definition) is 4. The summed E-state index contributed by atoms with van der Waals surface area (Å²) in [4.78, 5) is 54.9. The van der Waals surface area contributed by atoms with Crippen LogP contribution in [0, 0.1) is 23.7 Å². The summed E-state index contributed by atoms with van der Waals surface area (Å²) in [6.07, 6.45) is 19.2. The second kappa shape index (κ2) is 34.8.